The first kappa shape index (κ1) is 13.1. The molecule has 0 saturated carbocycles. The molecule has 0 bridgehead atoms. The van der Waals surface area contributed by atoms with Gasteiger partial charge in [0.1, 0.15) is 11.6 Å². The van der Waals surface area contributed by atoms with Crippen molar-refractivity contribution >= 4 is 22.8 Å². The van der Waals surface area contributed by atoms with Crippen LogP contribution in [-0.4, -0.2) is 31.3 Å². The number of fused-ring (bicyclic) bond motifs is 1. The maximum absolute atomic E-state index is 5.61. The highest BCUT2D eigenvalue weighted by molar-refractivity contribution is 7.98. The van der Waals surface area contributed by atoms with E-state index >= 15 is 0 Å². The Hall–Kier alpha value is -1.86. The third kappa shape index (κ3) is 2.54. The number of imidazole rings is 1. The van der Waals surface area contributed by atoms with E-state index in [1.54, 1.807) is 11.8 Å². The molecule has 2 aromatic heterocycles. The van der Waals surface area contributed by atoms with E-state index < -0.39 is 0 Å². The normalized spacial score (nSPS) is 11.3. The van der Waals surface area contributed by atoms with Crippen molar-refractivity contribution in [1.29, 1.82) is 0 Å². The number of para-hydroxylation sites is 2. The Morgan fingerprint density at radius 3 is 2.95 bits per heavy atom. The lowest BCUT2D eigenvalue weighted by atomic mass is 10.3. The lowest BCUT2D eigenvalue weighted by Crippen LogP contribution is -2.12. The highest BCUT2D eigenvalue weighted by Crippen LogP contribution is 2.21. The van der Waals surface area contributed by atoms with Gasteiger partial charge in [-0.05, 0) is 19.1 Å². The van der Waals surface area contributed by atoms with Crippen molar-refractivity contribution in [3.05, 3.63) is 35.9 Å². The summed E-state index contributed by atoms with van der Waals surface area (Å²) in [4.78, 5) is 7.86. The van der Waals surface area contributed by atoms with Gasteiger partial charge in [-0.2, -0.15) is 0 Å². The van der Waals surface area contributed by atoms with Crippen LogP contribution < -0.4 is 5.73 Å². The number of H-pyrrole nitrogens is 1. The first-order chi connectivity index (χ1) is 9.78. The Labute approximate surface area is 120 Å². The molecule has 3 aromatic rings. The van der Waals surface area contributed by atoms with Gasteiger partial charge < -0.3 is 15.3 Å². The molecule has 3 rings (SSSR count). The quantitative estimate of drug-likeness (QED) is 0.698. The van der Waals surface area contributed by atoms with Gasteiger partial charge in [-0.15, -0.1) is 10.2 Å². The number of aromatic nitrogens is 5. The van der Waals surface area contributed by atoms with Gasteiger partial charge in [-0.3, -0.25) is 0 Å². The summed E-state index contributed by atoms with van der Waals surface area (Å²) in [6, 6.07) is 8.01. The van der Waals surface area contributed by atoms with Gasteiger partial charge in [0.05, 0.1) is 16.8 Å². The SMILES string of the molecule is Cc1nnc(SCc2nc3ccccc3[nH]2)n1CCN. The standard InChI is InChI=1S/C13H16N6S/c1-9-17-18-13(19(9)7-6-14)20-8-12-15-10-4-2-3-5-11(10)16-12/h2-5H,6-8,14H2,1H3,(H,15,16). The Balaban J connectivity index is 1.76. The molecular formula is C13H16N6S. The van der Waals surface area contributed by atoms with E-state index in [1.165, 1.54) is 0 Å². The lowest BCUT2D eigenvalue weighted by Gasteiger charge is -2.05. The summed E-state index contributed by atoms with van der Waals surface area (Å²) in [7, 11) is 0. The molecule has 20 heavy (non-hydrogen) atoms. The molecular weight excluding hydrogens is 272 g/mol. The van der Waals surface area contributed by atoms with E-state index in [0.29, 0.717) is 6.54 Å². The smallest absolute Gasteiger partial charge is 0.191 e. The molecule has 0 radical (unpaired) electrons. The van der Waals surface area contributed by atoms with Crippen LogP contribution in [0.4, 0.5) is 0 Å². The minimum atomic E-state index is 0.580. The van der Waals surface area contributed by atoms with Crippen molar-refractivity contribution < 1.29 is 0 Å². The first-order valence-corrected chi connectivity index (χ1v) is 7.43. The minimum Gasteiger partial charge on any atom is -0.341 e. The molecule has 7 heteroatoms. The summed E-state index contributed by atoms with van der Waals surface area (Å²) < 4.78 is 2.04. The number of nitrogens with zero attached hydrogens (tertiary/aromatic N) is 4. The van der Waals surface area contributed by atoms with Gasteiger partial charge >= 0.3 is 0 Å². The topological polar surface area (TPSA) is 85.4 Å². The van der Waals surface area contributed by atoms with Gasteiger partial charge in [0, 0.05) is 13.1 Å². The van der Waals surface area contributed by atoms with E-state index in [0.717, 1.165) is 40.1 Å². The molecule has 1 aromatic carbocycles. The third-order valence-corrected chi connectivity index (χ3v) is 4.01. The summed E-state index contributed by atoms with van der Waals surface area (Å²) in [6.45, 7) is 3.26. The van der Waals surface area contributed by atoms with Gasteiger partial charge in [0.2, 0.25) is 0 Å². The van der Waals surface area contributed by atoms with Crippen molar-refractivity contribution in [2.24, 2.45) is 5.73 Å². The van der Waals surface area contributed by atoms with Crippen molar-refractivity contribution in [3.63, 3.8) is 0 Å². The van der Waals surface area contributed by atoms with E-state index in [2.05, 4.69) is 20.2 Å². The second-order valence-corrected chi connectivity index (χ2v) is 5.40. The number of rotatable bonds is 5. The third-order valence-electron chi connectivity index (χ3n) is 3.03. The molecule has 3 N–H and O–H groups in total. The summed E-state index contributed by atoms with van der Waals surface area (Å²) >= 11 is 1.62. The summed E-state index contributed by atoms with van der Waals surface area (Å²) in [5.41, 5.74) is 7.66. The molecule has 0 aliphatic carbocycles. The first-order valence-electron chi connectivity index (χ1n) is 6.44. The highest BCUT2D eigenvalue weighted by atomic mass is 32.2. The largest absolute Gasteiger partial charge is 0.341 e. The molecule has 0 amide bonds. The number of hydrogen-bond donors (Lipinski definition) is 2. The monoisotopic (exact) mass is 288 g/mol. The van der Waals surface area contributed by atoms with Crippen LogP contribution in [0.15, 0.2) is 29.4 Å². The van der Waals surface area contributed by atoms with Crippen LogP contribution in [0.3, 0.4) is 0 Å². The predicted molar refractivity (Wildman–Crippen MR) is 79.5 cm³/mol. The van der Waals surface area contributed by atoms with E-state index in [1.807, 2.05) is 35.8 Å². The Kier molecular flexibility index (Phi) is 3.70. The molecule has 104 valence electrons. The second-order valence-electron chi connectivity index (χ2n) is 4.46. The molecule has 2 heterocycles. The van der Waals surface area contributed by atoms with Crippen molar-refractivity contribution in [3.8, 4) is 0 Å². The highest BCUT2D eigenvalue weighted by Gasteiger charge is 2.10. The fourth-order valence-corrected chi connectivity index (χ4v) is 2.94. The Bertz CT molecular complexity index is 684. The van der Waals surface area contributed by atoms with Crippen LogP contribution in [0.2, 0.25) is 0 Å². The molecule has 0 unspecified atom stereocenters. The maximum atomic E-state index is 5.61. The van der Waals surface area contributed by atoms with Gasteiger partial charge in [0.25, 0.3) is 0 Å². The molecule has 6 nitrogen and oxygen atoms in total. The van der Waals surface area contributed by atoms with Gasteiger partial charge in [-0.1, -0.05) is 23.9 Å². The number of thioether (sulfide) groups is 1. The number of aryl methyl sites for hydroxylation is 1. The van der Waals surface area contributed by atoms with Crippen molar-refractivity contribution in [2.45, 2.75) is 24.4 Å². The summed E-state index contributed by atoms with van der Waals surface area (Å²) in [6.07, 6.45) is 0. The number of aromatic amines is 1. The van der Waals surface area contributed by atoms with Crippen LogP contribution in [0, 0.1) is 6.92 Å². The number of nitrogens with one attached hydrogen (secondary N) is 1. The zero-order chi connectivity index (χ0) is 13.9. The van der Waals surface area contributed by atoms with Crippen molar-refractivity contribution in [2.75, 3.05) is 6.54 Å². The summed E-state index contributed by atoms with van der Waals surface area (Å²) in [5.74, 6) is 2.57. The fourth-order valence-electron chi connectivity index (χ4n) is 2.06. The maximum Gasteiger partial charge on any atom is 0.191 e. The van der Waals surface area contributed by atoms with Crippen molar-refractivity contribution in [1.82, 2.24) is 24.7 Å². The Morgan fingerprint density at radius 1 is 1.30 bits per heavy atom. The van der Waals surface area contributed by atoms with Crippen LogP contribution >= 0.6 is 11.8 Å². The molecule has 0 atom stereocenters. The van der Waals surface area contributed by atoms with E-state index in [9.17, 15) is 0 Å². The molecule has 0 aliphatic rings. The average Bonchev–Trinajstić information content (AvgIpc) is 3.02. The van der Waals surface area contributed by atoms with Crippen LogP contribution in [0.25, 0.3) is 11.0 Å². The Morgan fingerprint density at radius 2 is 2.15 bits per heavy atom. The summed E-state index contributed by atoms with van der Waals surface area (Å²) in [5, 5.41) is 9.16. The molecule has 0 spiro atoms. The van der Waals surface area contributed by atoms with E-state index in [-0.39, 0.29) is 0 Å². The molecule has 0 saturated heterocycles. The zero-order valence-electron chi connectivity index (χ0n) is 11.2. The fraction of sp³-hybridized carbons (Fsp3) is 0.308. The number of hydrogen-bond acceptors (Lipinski definition) is 5. The lowest BCUT2D eigenvalue weighted by molar-refractivity contribution is 0.627. The number of nitrogens with two attached hydrogens (primary N) is 1. The second kappa shape index (κ2) is 5.64. The predicted octanol–water partition coefficient (Wildman–Crippen LogP) is 1.71. The van der Waals surface area contributed by atoms with Gasteiger partial charge in [-0.25, -0.2) is 4.98 Å². The van der Waals surface area contributed by atoms with Crippen LogP contribution in [0.5, 0.6) is 0 Å². The van der Waals surface area contributed by atoms with Gasteiger partial charge in [0.15, 0.2) is 5.16 Å². The van der Waals surface area contributed by atoms with Crippen LogP contribution in [0.1, 0.15) is 11.6 Å². The average molecular weight is 288 g/mol. The van der Waals surface area contributed by atoms with E-state index in [4.69, 9.17) is 5.73 Å². The molecule has 0 fully saturated rings. The molecule has 0 aliphatic heterocycles. The minimum absolute atomic E-state index is 0.580. The number of benzene rings is 1. The zero-order valence-corrected chi connectivity index (χ0v) is 12.0. The van der Waals surface area contributed by atoms with Crippen LogP contribution in [-0.2, 0) is 12.3 Å².